The van der Waals surface area contributed by atoms with Gasteiger partial charge in [0.05, 0.1) is 16.7 Å². The van der Waals surface area contributed by atoms with Crippen molar-refractivity contribution in [1.29, 1.82) is 0 Å². The second kappa shape index (κ2) is 17.9. The first-order valence-electron chi connectivity index (χ1n) is 23.9. The van der Waals surface area contributed by atoms with Crippen LogP contribution in [0.1, 0.15) is 22.5 Å². The van der Waals surface area contributed by atoms with Gasteiger partial charge in [0, 0.05) is 39.9 Å². The number of fused-ring (bicyclic) bond motifs is 10. The maximum absolute atomic E-state index is 6.72. The number of hydrogen-bond donors (Lipinski definition) is 0. The van der Waals surface area contributed by atoms with Crippen LogP contribution in [0.25, 0.3) is 110 Å². The number of aromatic nitrogens is 1. The molecule has 0 saturated heterocycles. The number of para-hydroxylation sites is 1. The van der Waals surface area contributed by atoms with Crippen molar-refractivity contribution >= 4 is 76.9 Å². The Morgan fingerprint density at radius 3 is 1.53 bits per heavy atom. The van der Waals surface area contributed by atoms with Crippen LogP contribution >= 0.6 is 0 Å². The molecule has 2 heterocycles. The third-order valence-corrected chi connectivity index (χ3v) is 13.9. The Morgan fingerprint density at radius 1 is 0.429 bits per heavy atom. The van der Waals surface area contributed by atoms with Gasteiger partial charge in [-0.15, -0.1) is 0 Å². The zero-order valence-electron chi connectivity index (χ0n) is 39.1. The number of nitrogens with zero attached hydrogens (tertiary/aromatic N) is 2. The monoisotopic (exact) mass is 896 g/mol. The van der Waals surface area contributed by atoms with E-state index in [0.29, 0.717) is 0 Å². The molecule has 0 radical (unpaired) electrons. The van der Waals surface area contributed by atoms with Gasteiger partial charge in [-0.3, -0.25) is 4.99 Å². The van der Waals surface area contributed by atoms with Crippen molar-refractivity contribution in [3.63, 3.8) is 0 Å². The third kappa shape index (κ3) is 7.36. The van der Waals surface area contributed by atoms with Gasteiger partial charge in [0.1, 0.15) is 11.3 Å². The van der Waals surface area contributed by atoms with Gasteiger partial charge in [-0.05, 0) is 115 Å². The van der Waals surface area contributed by atoms with Crippen LogP contribution in [0.15, 0.2) is 253 Å². The van der Waals surface area contributed by atoms with Gasteiger partial charge in [-0.1, -0.05) is 207 Å². The number of aliphatic imine (C=N–C) groups is 1. The van der Waals surface area contributed by atoms with E-state index < -0.39 is 0 Å². The van der Waals surface area contributed by atoms with Crippen molar-refractivity contribution in [2.24, 2.45) is 4.99 Å². The molecule has 0 fully saturated rings. The Morgan fingerprint density at radius 2 is 0.914 bits per heavy atom. The van der Waals surface area contributed by atoms with Crippen LogP contribution < -0.4 is 0 Å². The van der Waals surface area contributed by atoms with Crippen molar-refractivity contribution in [1.82, 2.24) is 4.57 Å². The van der Waals surface area contributed by atoms with E-state index in [2.05, 4.69) is 218 Å². The molecule has 0 aliphatic rings. The third-order valence-electron chi connectivity index (χ3n) is 13.9. The molecule has 0 aliphatic heterocycles. The van der Waals surface area contributed by atoms with Gasteiger partial charge in [0.15, 0.2) is 5.76 Å². The molecule has 0 spiro atoms. The van der Waals surface area contributed by atoms with Gasteiger partial charge < -0.3 is 8.98 Å². The SMILES string of the molecule is C=Cc1ccccc1.CN=C(c1ccc(-c2ccccc2)cc1)c1oc2ccc(-c3cc4c5ccccc5c5ccccc5c4cc3-n3c4ccccc4c4cc(-c5ccccc5)ccc43)cc2c1C. The molecule has 0 N–H and O–H groups in total. The molecular formula is C67H48N2O. The lowest BCUT2D eigenvalue weighted by Crippen LogP contribution is -2.03. The number of aryl methyl sites for hydroxylation is 1. The van der Waals surface area contributed by atoms with Crippen LogP contribution in [0, 0.1) is 6.92 Å². The molecule has 3 nitrogen and oxygen atoms in total. The van der Waals surface area contributed by atoms with E-state index in [1.165, 1.54) is 81.9 Å². The van der Waals surface area contributed by atoms with Crippen LogP contribution in [0.4, 0.5) is 0 Å². The highest BCUT2D eigenvalue weighted by Gasteiger charge is 2.22. The summed E-state index contributed by atoms with van der Waals surface area (Å²) in [7, 11) is 1.85. The van der Waals surface area contributed by atoms with Crippen LogP contribution in [-0.4, -0.2) is 17.3 Å². The highest BCUT2D eigenvalue weighted by molar-refractivity contribution is 6.26. The molecule has 70 heavy (non-hydrogen) atoms. The van der Waals surface area contributed by atoms with E-state index in [9.17, 15) is 0 Å². The summed E-state index contributed by atoms with van der Waals surface area (Å²) in [5, 5.41) is 11.0. The van der Waals surface area contributed by atoms with E-state index in [4.69, 9.17) is 9.41 Å². The Hall–Kier alpha value is -9.05. The lowest BCUT2D eigenvalue weighted by molar-refractivity contribution is 0.602. The van der Waals surface area contributed by atoms with Crippen LogP contribution in [0.2, 0.25) is 0 Å². The summed E-state index contributed by atoms with van der Waals surface area (Å²) in [5.41, 5.74) is 15.5. The maximum atomic E-state index is 6.72. The Kier molecular flexibility index (Phi) is 10.8. The Balaban J connectivity index is 0.000000577. The average molecular weight is 897 g/mol. The zero-order valence-corrected chi connectivity index (χ0v) is 39.1. The first-order chi connectivity index (χ1) is 34.6. The van der Waals surface area contributed by atoms with E-state index in [-0.39, 0.29) is 0 Å². The van der Waals surface area contributed by atoms with Crippen molar-refractivity contribution in [2.75, 3.05) is 7.05 Å². The summed E-state index contributed by atoms with van der Waals surface area (Å²) in [6.45, 7) is 5.79. The Bertz CT molecular complexity index is 4120. The summed E-state index contributed by atoms with van der Waals surface area (Å²) in [5.74, 6) is 0.792. The van der Waals surface area contributed by atoms with E-state index in [0.717, 1.165) is 50.4 Å². The predicted molar refractivity (Wildman–Crippen MR) is 299 cm³/mol. The van der Waals surface area contributed by atoms with Gasteiger partial charge in [0.25, 0.3) is 0 Å². The minimum atomic E-state index is 0.792. The molecule has 0 atom stereocenters. The summed E-state index contributed by atoms with van der Waals surface area (Å²) in [6.07, 6.45) is 1.83. The number of hydrogen-bond acceptors (Lipinski definition) is 2. The molecule has 0 amide bonds. The summed E-state index contributed by atoms with van der Waals surface area (Å²) >= 11 is 0. The first-order valence-corrected chi connectivity index (χ1v) is 23.9. The summed E-state index contributed by atoms with van der Waals surface area (Å²) < 4.78 is 9.20. The lowest BCUT2D eigenvalue weighted by atomic mass is 9.90. The van der Waals surface area contributed by atoms with Crippen molar-refractivity contribution in [2.45, 2.75) is 6.92 Å². The minimum absolute atomic E-state index is 0.792. The first kappa shape index (κ1) is 42.3. The number of furan rings is 1. The van der Waals surface area contributed by atoms with Gasteiger partial charge in [-0.2, -0.15) is 0 Å². The van der Waals surface area contributed by atoms with E-state index in [1.54, 1.807) is 0 Å². The predicted octanol–water partition coefficient (Wildman–Crippen LogP) is 18.1. The zero-order chi connectivity index (χ0) is 47.1. The molecular weight excluding hydrogens is 849 g/mol. The van der Waals surface area contributed by atoms with Crippen molar-refractivity contribution in [3.05, 3.63) is 266 Å². The molecule has 3 heteroatoms. The average Bonchev–Trinajstić information content (AvgIpc) is 3.94. The van der Waals surface area contributed by atoms with Gasteiger partial charge in [0.2, 0.25) is 0 Å². The molecule has 0 bridgehead atoms. The minimum Gasteiger partial charge on any atom is -0.454 e. The molecule has 2 aromatic heterocycles. The highest BCUT2D eigenvalue weighted by atomic mass is 16.3. The maximum Gasteiger partial charge on any atom is 0.156 e. The topological polar surface area (TPSA) is 30.4 Å². The molecule has 0 aliphatic carbocycles. The smallest absolute Gasteiger partial charge is 0.156 e. The molecule has 13 rings (SSSR count). The quantitative estimate of drug-likeness (QED) is 0.116. The standard InChI is InChI=1S/C59H40N2O.C8H8/c1-37-49-34-43(30-32-57(49)62-59(37)58(60-2)41-27-25-40(26-28-41)38-15-5-3-6-16-38)50-35-51-46-21-11-9-19-44(46)45-20-10-12-22-47(45)52(51)36-56(50)61-54-24-14-13-23-48(54)53-33-42(29-31-55(53)61)39-17-7-4-8-18-39;1-2-8-6-4-3-5-7-8/h3-36H,1-2H3;2-7H,1H2. The van der Waals surface area contributed by atoms with Gasteiger partial charge in [-0.25, -0.2) is 0 Å². The summed E-state index contributed by atoms with van der Waals surface area (Å²) in [4.78, 5) is 4.81. The second-order valence-corrected chi connectivity index (χ2v) is 17.9. The van der Waals surface area contributed by atoms with Crippen LogP contribution in [0.3, 0.4) is 0 Å². The highest BCUT2D eigenvalue weighted by Crippen LogP contribution is 2.44. The fourth-order valence-electron chi connectivity index (χ4n) is 10.4. The Labute approximate surface area is 407 Å². The second-order valence-electron chi connectivity index (χ2n) is 17.9. The van der Waals surface area contributed by atoms with Crippen LogP contribution in [0.5, 0.6) is 0 Å². The van der Waals surface area contributed by atoms with E-state index >= 15 is 0 Å². The lowest BCUT2D eigenvalue weighted by Gasteiger charge is -2.18. The molecule has 0 saturated carbocycles. The van der Waals surface area contributed by atoms with Crippen molar-refractivity contribution < 1.29 is 4.42 Å². The number of benzene rings is 11. The van der Waals surface area contributed by atoms with Crippen LogP contribution in [-0.2, 0) is 0 Å². The van der Waals surface area contributed by atoms with Crippen molar-refractivity contribution in [3.8, 4) is 39.1 Å². The molecule has 11 aromatic carbocycles. The summed E-state index contributed by atoms with van der Waals surface area (Å²) in [6, 6.07) is 84.8. The van der Waals surface area contributed by atoms with Gasteiger partial charge >= 0.3 is 0 Å². The normalized spacial score (nSPS) is 11.7. The largest absolute Gasteiger partial charge is 0.454 e. The molecule has 0 unspecified atom stereocenters. The fraction of sp³-hybridized carbons (Fsp3) is 0.0299. The molecule has 13 aromatic rings. The molecule has 332 valence electrons. The number of rotatable bonds is 7. The fourth-order valence-corrected chi connectivity index (χ4v) is 10.4. The van der Waals surface area contributed by atoms with E-state index in [1.807, 2.05) is 49.5 Å².